The van der Waals surface area contributed by atoms with E-state index in [0.717, 1.165) is 11.1 Å². The van der Waals surface area contributed by atoms with Gasteiger partial charge < -0.3 is 15.2 Å². The molecule has 126 valence electrons. The summed E-state index contributed by atoms with van der Waals surface area (Å²) in [5.74, 6) is 1.30. The van der Waals surface area contributed by atoms with Gasteiger partial charge in [-0.1, -0.05) is 23.7 Å². The van der Waals surface area contributed by atoms with Crippen LogP contribution in [0.5, 0.6) is 11.5 Å². The normalized spacial score (nSPS) is 10.6. The van der Waals surface area contributed by atoms with Crippen molar-refractivity contribution in [1.29, 1.82) is 0 Å². The SMILES string of the molecule is CCOc1cc(/C=N/NC(N)=S)ccc1OCc1ccc(Cl)cc1. The van der Waals surface area contributed by atoms with Crippen LogP contribution in [0.3, 0.4) is 0 Å². The summed E-state index contributed by atoms with van der Waals surface area (Å²) < 4.78 is 11.5. The summed E-state index contributed by atoms with van der Waals surface area (Å²) in [5, 5.41) is 4.73. The van der Waals surface area contributed by atoms with Crippen molar-refractivity contribution in [2.45, 2.75) is 13.5 Å². The summed E-state index contributed by atoms with van der Waals surface area (Å²) in [6, 6.07) is 13.0. The summed E-state index contributed by atoms with van der Waals surface area (Å²) in [6.07, 6.45) is 1.60. The summed E-state index contributed by atoms with van der Waals surface area (Å²) in [6.45, 7) is 2.87. The van der Waals surface area contributed by atoms with E-state index in [2.05, 4.69) is 22.7 Å². The zero-order valence-corrected chi connectivity index (χ0v) is 14.7. The number of nitrogens with zero attached hydrogens (tertiary/aromatic N) is 1. The van der Waals surface area contributed by atoms with Gasteiger partial charge in [0.25, 0.3) is 0 Å². The Hall–Kier alpha value is -2.31. The number of hydrazone groups is 1. The molecule has 0 heterocycles. The van der Waals surface area contributed by atoms with Crippen LogP contribution in [0.1, 0.15) is 18.1 Å². The van der Waals surface area contributed by atoms with Crippen molar-refractivity contribution in [2.75, 3.05) is 6.61 Å². The fraction of sp³-hybridized carbons (Fsp3) is 0.176. The maximum atomic E-state index is 5.88. The average molecular weight is 364 g/mol. The molecule has 2 rings (SSSR count). The van der Waals surface area contributed by atoms with Crippen LogP contribution >= 0.6 is 23.8 Å². The highest BCUT2D eigenvalue weighted by atomic mass is 35.5. The molecule has 2 aromatic rings. The molecule has 0 aliphatic carbocycles. The van der Waals surface area contributed by atoms with Crippen LogP contribution in [0.4, 0.5) is 0 Å². The predicted octanol–water partition coefficient (Wildman–Crippen LogP) is 3.48. The Morgan fingerprint density at radius 1 is 1.21 bits per heavy atom. The second-order valence-corrected chi connectivity index (χ2v) is 5.66. The van der Waals surface area contributed by atoms with Gasteiger partial charge in [-0.05, 0) is 60.6 Å². The molecule has 0 aliphatic rings. The molecule has 7 heteroatoms. The van der Waals surface area contributed by atoms with E-state index in [9.17, 15) is 0 Å². The van der Waals surface area contributed by atoms with Gasteiger partial charge in [-0.15, -0.1) is 0 Å². The quantitative estimate of drug-likeness (QED) is 0.447. The Morgan fingerprint density at radius 3 is 2.62 bits per heavy atom. The second-order valence-electron chi connectivity index (χ2n) is 4.79. The third-order valence-electron chi connectivity index (χ3n) is 2.96. The number of ether oxygens (including phenoxy) is 2. The average Bonchev–Trinajstić information content (AvgIpc) is 2.55. The van der Waals surface area contributed by atoms with Crippen LogP contribution in [0.2, 0.25) is 5.02 Å². The van der Waals surface area contributed by atoms with Crippen LogP contribution in [-0.2, 0) is 6.61 Å². The number of nitrogens with one attached hydrogen (secondary N) is 1. The van der Waals surface area contributed by atoms with E-state index in [0.29, 0.717) is 29.7 Å². The molecule has 24 heavy (non-hydrogen) atoms. The zero-order chi connectivity index (χ0) is 17.4. The Kier molecular flexibility index (Phi) is 6.84. The van der Waals surface area contributed by atoms with Crippen molar-refractivity contribution in [3.8, 4) is 11.5 Å². The molecule has 0 aliphatic heterocycles. The van der Waals surface area contributed by atoms with Crippen molar-refractivity contribution >= 4 is 35.1 Å². The van der Waals surface area contributed by atoms with Crippen LogP contribution in [0, 0.1) is 0 Å². The first-order chi connectivity index (χ1) is 11.6. The van der Waals surface area contributed by atoms with Crippen LogP contribution in [0.25, 0.3) is 0 Å². The first kappa shape index (κ1) is 18.0. The zero-order valence-electron chi connectivity index (χ0n) is 13.2. The topological polar surface area (TPSA) is 68.9 Å². The first-order valence-electron chi connectivity index (χ1n) is 7.31. The highest BCUT2D eigenvalue weighted by Crippen LogP contribution is 2.29. The lowest BCUT2D eigenvalue weighted by atomic mass is 10.2. The van der Waals surface area contributed by atoms with Gasteiger partial charge >= 0.3 is 0 Å². The number of rotatable bonds is 7. The molecule has 2 aromatic carbocycles. The van der Waals surface area contributed by atoms with E-state index >= 15 is 0 Å². The summed E-state index contributed by atoms with van der Waals surface area (Å²) >= 11 is 10.6. The molecule has 5 nitrogen and oxygen atoms in total. The third kappa shape index (κ3) is 5.72. The second kappa shape index (κ2) is 9.10. The van der Waals surface area contributed by atoms with E-state index in [1.165, 1.54) is 0 Å². The standard InChI is InChI=1S/C17H18ClN3O2S/c1-2-22-16-9-13(10-20-21-17(19)24)5-8-15(16)23-11-12-3-6-14(18)7-4-12/h3-10H,2,11H2,1H3,(H3,19,21,24)/b20-10+. The van der Waals surface area contributed by atoms with Gasteiger partial charge in [0.15, 0.2) is 16.6 Å². The summed E-state index contributed by atoms with van der Waals surface area (Å²) in [4.78, 5) is 0. The van der Waals surface area contributed by atoms with Gasteiger partial charge in [0.1, 0.15) is 6.61 Å². The fourth-order valence-electron chi connectivity index (χ4n) is 1.90. The van der Waals surface area contributed by atoms with Gasteiger partial charge in [0.2, 0.25) is 0 Å². The monoisotopic (exact) mass is 363 g/mol. The molecule has 0 saturated heterocycles. The Balaban J connectivity index is 2.09. The molecule has 0 aromatic heterocycles. The molecule has 0 amide bonds. The van der Waals surface area contributed by atoms with Gasteiger partial charge in [0, 0.05) is 5.02 Å². The Morgan fingerprint density at radius 2 is 1.96 bits per heavy atom. The minimum Gasteiger partial charge on any atom is -0.490 e. The minimum absolute atomic E-state index is 0.110. The lowest BCUT2D eigenvalue weighted by Crippen LogP contribution is -2.23. The molecule has 0 bridgehead atoms. The predicted molar refractivity (Wildman–Crippen MR) is 101 cm³/mol. The Labute approximate surface area is 151 Å². The molecule has 0 unspecified atom stereocenters. The first-order valence-corrected chi connectivity index (χ1v) is 8.09. The number of hydrogen-bond acceptors (Lipinski definition) is 4. The number of nitrogens with two attached hydrogens (primary N) is 1. The van der Waals surface area contributed by atoms with Crippen molar-refractivity contribution in [2.24, 2.45) is 10.8 Å². The smallest absolute Gasteiger partial charge is 0.184 e. The molecule has 0 saturated carbocycles. The molecule has 3 N–H and O–H groups in total. The van der Waals surface area contributed by atoms with Crippen molar-refractivity contribution in [3.63, 3.8) is 0 Å². The maximum Gasteiger partial charge on any atom is 0.184 e. The number of halogens is 1. The van der Waals surface area contributed by atoms with Crippen LogP contribution < -0.4 is 20.6 Å². The van der Waals surface area contributed by atoms with Gasteiger partial charge in [0.05, 0.1) is 12.8 Å². The number of thiocarbonyl (C=S) groups is 1. The molecular formula is C17H18ClN3O2S. The highest BCUT2D eigenvalue weighted by molar-refractivity contribution is 7.80. The van der Waals surface area contributed by atoms with Gasteiger partial charge in [-0.3, -0.25) is 5.43 Å². The maximum absolute atomic E-state index is 5.88. The Bertz CT molecular complexity index is 720. The molecule has 0 radical (unpaired) electrons. The number of hydrogen-bond donors (Lipinski definition) is 2. The highest BCUT2D eigenvalue weighted by Gasteiger charge is 2.06. The van der Waals surface area contributed by atoms with Crippen LogP contribution in [-0.4, -0.2) is 17.9 Å². The van der Waals surface area contributed by atoms with Gasteiger partial charge in [-0.25, -0.2) is 0 Å². The summed E-state index contributed by atoms with van der Waals surface area (Å²) in [5.41, 5.74) is 9.68. The lowest BCUT2D eigenvalue weighted by molar-refractivity contribution is 0.269. The third-order valence-corrected chi connectivity index (χ3v) is 3.31. The van der Waals surface area contributed by atoms with Crippen molar-refractivity contribution in [1.82, 2.24) is 5.43 Å². The van der Waals surface area contributed by atoms with E-state index in [1.807, 2.05) is 49.4 Å². The van der Waals surface area contributed by atoms with E-state index in [-0.39, 0.29) is 5.11 Å². The summed E-state index contributed by atoms with van der Waals surface area (Å²) in [7, 11) is 0. The number of benzene rings is 2. The lowest BCUT2D eigenvalue weighted by Gasteiger charge is -2.12. The van der Waals surface area contributed by atoms with E-state index in [1.54, 1.807) is 6.21 Å². The van der Waals surface area contributed by atoms with Gasteiger partial charge in [-0.2, -0.15) is 5.10 Å². The van der Waals surface area contributed by atoms with Crippen LogP contribution in [0.15, 0.2) is 47.6 Å². The molecular weight excluding hydrogens is 346 g/mol. The van der Waals surface area contributed by atoms with Crippen molar-refractivity contribution < 1.29 is 9.47 Å². The van der Waals surface area contributed by atoms with Crippen molar-refractivity contribution in [3.05, 3.63) is 58.6 Å². The van der Waals surface area contributed by atoms with E-state index in [4.69, 9.17) is 26.8 Å². The molecule has 0 atom stereocenters. The molecule has 0 spiro atoms. The van der Waals surface area contributed by atoms with E-state index < -0.39 is 0 Å². The fourth-order valence-corrected chi connectivity index (χ4v) is 2.08. The minimum atomic E-state index is 0.110. The molecule has 0 fully saturated rings. The largest absolute Gasteiger partial charge is 0.490 e.